The van der Waals surface area contributed by atoms with Crippen LogP contribution in [0.3, 0.4) is 0 Å². The van der Waals surface area contributed by atoms with Crippen LogP contribution in [0.25, 0.3) is 0 Å². The molecular weight excluding hydrogens is 244 g/mol. The summed E-state index contributed by atoms with van der Waals surface area (Å²) in [6.45, 7) is 3.62. The fraction of sp³-hybridized carbons (Fsp3) is 0.667. The van der Waals surface area contributed by atoms with E-state index < -0.39 is 17.8 Å². The molecule has 0 bridgehead atoms. The van der Waals surface area contributed by atoms with Crippen molar-refractivity contribution in [3.05, 3.63) is 12.3 Å². The number of carbonyl (C=O) groups excluding carboxylic acids is 2. The molecule has 6 heteroatoms. The van der Waals surface area contributed by atoms with Crippen molar-refractivity contribution < 1.29 is 23.2 Å². The number of nitrogens with zero attached hydrogens (tertiary/aromatic N) is 1. The molecule has 2 aliphatic rings. The zero-order chi connectivity index (χ0) is 13.3. The summed E-state index contributed by atoms with van der Waals surface area (Å²) in [6, 6.07) is 0. The van der Waals surface area contributed by atoms with Crippen molar-refractivity contribution in [1.29, 1.82) is 0 Å². The van der Waals surface area contributed by atoms with E-state index in [9.17, 15) is 18.4 Å². The van der Waals surface area contributed by atoms with E-state index in [1.54, 1.807) is 0 Å². The van der Waals surface area contributed by atoms with E-state index in [0.29, 0.717) is 12.1 Å². The van der Waals surface area contributed by atoms with E-state index in [2.05, 4.69) is 6.58 Å². The summed E-state index contributed by atoms with van der Waals surface area (Å²) in [5, 5.41) is 0.898. The Morgan fingerprint density at radius 2 is 1.94 bits per heavy atom. The van der Waals surface area contributed by atoms with Crippen molar-refractivity contribution in [3.63, 3.8) is 0 Å². The van der Waals surface area contributed by atoms with Crippen molar-refractivity contribution in [2.75, 3.05) is 0 Å². The first-order valence-electron chi connectivity index (χ1n) is 5.99. The molecule has 1 aliphatic carbocycles. The summed E-state index contributed by atoms with van der Waals surface area (Å²) < 4.78 is 25.9. The number of allylic oxidation sites excluding steroid dienone is 1. The summed E-state index contributed by atoms with van der Waals surface area (Å²) in [5.41, 5.74) is 0.439. The molecule has 1 saturated heterocycles. The van der Waals surface area contributed by atoms with Gasteiger partial charge in [0.1, 0.15) is 0 Å². The van der Waals surface area contributed by atoms with Gasteiger partial charge < -0.3 is 4.84 Å². The maximum atomic E-state index is 12.9. The van der Waals surface area contributed by atoms with E-state index in [1.807, 2.05) is 0 Å². The Labute approximate surface area is 104 Å². The van der Waals surface area contributed by atoms with Crippen LogP contribution < -0.4 is 0 Å². The molecule has 18 heavy (non-hydrogen) atoms. The normalized spacial score (nSPS) is 24.4. The smallest absolute Gasteiger partial charge is 0.333 e. The molecular formula is C12H15F2NO3. The third-order valence-corrected chi connectivity index (χ3v) is 3.37. The van der Waals surface area contributed by atoms with Gasteiger partial charge in [0.2, 0.25) is 5.92 Å². The molecule has 1 heterocycles. The number of halogens is 2. The lowest BCUT2D eigenvalue weighted by Crippen LogP contribution is -2.34. The second-order valence-corrected chi connectivity index (χ2v) is 4.79. The van der Waals surface area contributed by atoms with Crippen LogP contribution in [0.4, 0.5) is 8.78 Å². The average Bonchev–Trinajstić information content (AvgIpc) is 2.60. The fourth-order valence-corrected chi connectivity index (χ4v) is 2.19. The SMILES string of the molecule is C=C1CCC(=O)N1OC(=O)C1CCC(F)(F)CC1. The van der Waals surface area contributed by atoms with Crippen LogP contribution in [0.1, 0.15) is 38.5 Å². The molecule has 4 nitrogen and oxygen atoms in total. The average molecular weight is 259 g/mol. The molecule has 0 atom stereocenters. The number of hydrogen-bond acceptors (Lipinski definition) is 3. The Balaban J connectivity index is 1.89. The highest BCUT2D eigenvalue weighted by Gasteiger charge is 2.39. The van der Waals surface area contributed by atoms with Crippen molar-refractivity contribution in [3.8, 4) is 0 Å². The highest BCUT2D eigenvalue weighted by Crippen LogP contribution is 2.37. The summed E-state index contributed by atoms with van der Waals surface area (Å²) in [6.07, 6.45) is 0.327. The number of hydroxylamine groups is 2. The van der Waals surface area contributed by atoms with Crippen LogP contribution >= 0.6 is 0 Å². The quantitative estimate of drug-likeness (QED) is 0.765. The minimum Gasteiger partial charge on any atom is -0.333 e. The minimum atomic E-state index is -2.68. The predicted molar refractivity (Wildman–Crippen MR) is 58.2 cm³/mol. The van der Waals surface area contributed by atoms with Crippen molar-refractivity contribution in [2.45, 2.75) is 44.4 Å². The topological polar surface area (TPSA) is 46.6 Å². The molecule has 0 radical (unpaired) electrons. The molecule has 1 saturated carbocycles. The number of rotatable bonds is 2. The van der Waals surface area contributed by atoms with Crippen LogP contribution in [0.5, 0.6) is 0 Å². The highest BCUT2D eigenvalue weighted by atomic mass is 19.3. The molecule has 0 N–H and O–H groups in total. The van der Waals surface area contributed by atoms with Gasteiger partial charge in [-0.2, -0.15) is 0 Å². The van der Waals surface area contributed by atoms with Gasteiger partial charge in [-0.15, -0.1) is 5.06 Å². The molecule has 0 aromatic rings. The summed E-state index contributed by atoms with van der Waals surface area (Å²) in [5.74, 6) is -4.15. The first kappa shape index (κ1) is 13.0. The van der Waals surface area contributed by atoms with Gasteiger partial charge in [-0.05, 0) is 19.3 Å². The molecule has 0 aromatic heterocycles. The Morgan fingerprint density at radius 3 is 2.44 bits per heavy atom. The van der Waals surface area contributed by atoms with Crippen LogP contribution in [-0.4, -0.2) is 22.9 Å². The Bertz CT molecular complexity index is 369. The second kappa shape index (κ2) is 4.66. The second-order valence-electron chi connectivity index (χ2n) is 4.79. The standard InChI is InChI=1S/C12H15F2NO3/c1-8-2-3-10(16)15(8)18-11(17)9-4-6-12(13,14)7-5-9/h9H,1-7H2. The molecule has 2 fully saturated rings. The van der Waals surface area contributed by atoms with E-state index in [0.717, 1.165) is 5.06 Å². The Kier molecular flexibility index (Phi) is 3.36. The lowest BCUT2D eigenvalue weighted by molar-refractivity contribution is -0.193. The first-order valence-corrected chi connectivity index (χ1v) is 5.99. The highest BCUT2D eigenvalue weighted by molar-refractivity contribution is 5.82. The van der Waals surface area contributed by atoms with E-state index in [-0.39, 0.29) is 38.0 Å². The van der Waals surface area contributed by atoms with Gasteiger partial charge in [-0.1, -0.05) is 6.58 Å². The molecule has 100 valence electrons. The van der Waals surface area contributed by atoms with Crippen LogP contribution in [0.15, 0.2) is 12.3 Å². The van der Waals surface area contributed by atoms with Gasteiger partial charge in [-0.25, -0.2) is 13.6 Å². The van der Waals surface area contributed by atoms with E-state index in [1.165, 1.54) is 0 Å². The van der Waals surface area contributed by atoms with Crippen LogP contribution in [0, 0.1) is 5.92 Å². The molecule has 1 aliphatic heterocycles. The first-order chi connectivity index (χ1) is 8.39. The zero-order valence-corrected chi connectivity index (χ0v) is 9.95. The van der Waals surface area contributed by atoms with Gasteiger partial charge in [0.05, 0.1) is 11.6 Å². The van der Waals surface area contributed by atoms with Gasteiger partial charge in [-0.3, -0.25) is 4.79 Å². The third kappa shape index (κ3) is 2.68. The minimum absolute atomic E-state index is 0.0976. The Hall–Kier alpha value is -1.46. The van der Waals surface area contributed by atoms with Crippen molar-refractivity contribution in [2.24, 2.45) is 5.92 Å². The van der Waals surface area contributed by atoms with Gasteiger partial charge >= 0.3 is 5.97 Å². The summed E-state index contributed by atoms with van der Waals surface area (Å²) in [4.78, 5) is 28.1. The summed E-state index contributed by atoms with van der Waals surface area (Å²) >= 11 is 0. The van der Waals surface area contributed by atoms with Crippen molar-refractivity contribution in [1.82, 2.24) is 5.06 Å². The van der Waals surface area contributed by atoms with Gasteiger partial charge in [0.15, 0.2) is 0 Å². The molecule has 0 unspecified atom stereocenters. The third-order valence-electron chi connectivity index (χ3n) is 3.37. The molecule has 0 spiro atoms. The molecule has 1 amide bonds. The molecule has 2 rings (SSSR count). The number of carbonyl (C=O) groups is 2. The summed E-state index contributed by atoms with van der Waals surface area (Å²) in [7, 11) is 0. The lowest BCUT2D eigenvalue weighted by atomic mass is 9.87. The Morgan fingerprint density at radius 1 is 1.33 bits per heavy atom. The molecule has 0 aromatic carbocycles. The van der Waals surface area contributed by atoms with Crippen LogP contribution in [0.2, 0.25) is 0 Å². The van der Waals surface area contributed by atoms with Crippen molar-refractivity contribution >= 4 is 11.9 Å². The number of alkyl halides is 2. The maximum Gasteiger partial charge on any atom is 0.336 e. The maximum absolute atomic E-state index is 12.9. The fourth-order valence-electron chi connectivity index (χ4n) is 2.19. The lowest BCUT2D eigenvalue weighted by Gasteiger charge is -2.27. The zero-order valence-electron chi connectivity index (χ0n) is 9.95. The van der Waals surface area contributed by atoms with E-state index in [4.69, 9.17) is 4.84 Å². The van der Waals surface area contributed by atoms with Gasteiger partial charge in [0.25, 0.3) is 5.91 Å². The predicted octanol–water partition coefficient (Wildman–Crippen LogP) is 2.41. The largest absolute Gasteiger partial charge is 0.336 e. The monoisotopic (exact) mass is 259 g/mol. The van der Waals surface area contributed by atoms with Crippen LogP contribution in [-0.2, 0) is 14.4 Å². The van der Waals surface area contributed by atoms with E-state index >= 15 is 0 Å². The van der Waals surface area contributed by atoms with Gasteiger partial charge in [0, 0.05) is 19.3 Å². The number of hydrogen-bond donors (Lipinski definition) is 0. The number of amides is 1.